The number of aromatic carboxylic acids is 1. The predicted molar refractivity (Wildman–Crippen MR) is 72.8 cm³/mol. The van der Waals surface area contributed by atoms with E-state index in [9.17, 15) is 13.4 Å². The molecule has 2 N–H and O–H groups in total. The van der Waals surface area contributed by atoms with E-state index in [-0.39, 0.29) is 41.5 Å². The molecule has 2 aromatic rings. The lowest BCUT2D eigenvalue weighted by Gasteiger charge is -1.96. The Morgan fingerprint density at radius 2 is 2.10 bits per heavy atom. The highest BCUT2D eigenvalue weighted by Gasteiger charge is 2.21. The van der Waals surface area contributed by atoms with Crippen LogP contribution in [0.25, 0.3) is 11.5 Å². The Balaban J connectivity index is 2.31. The molecule has 0 bridgehead atoms. The molecule has 8 heteroatoms. The average Bonchev–Trinajstić information content (AvgIpc) is 2.83. The van der Waals surface area contributed by atoms with Gasteiger partial charge in [-0.2, -0.15) is 0 Å². The maximum atomic E-state index is 13.7. The van der Waals surface area contributed by atoms with Gasteiger partial charge in [0.2, 0.25) is 11.7 Å². The second kappa shape index (κ2) is 6.59. The molecule has 0 fully saturated rings. The number of carboxylic acid groups (broad SMARTS) is 1. The van der Waals surface area contributed by atoms with Crippen molar-refractivity contribution in [2.24, 2.45) is 0 Å². The fraction of sp³-hybridized carbons (Fsp3) is 0.231. The van der Waals surface area contributed by atoms with Crippen LogP contribution in [0.2, 0.25) is 0 Å². The number of halogens is 1. The average molecular weight is 313 g/mol. The van der Waals surface area contributed by atoms with Crippen molar-refractivity contribution in [3.8, 4) is 11.5 Å². The first kappa shape index (κ1) is 15.3. The van der Waals surface area contributed by atoms with Crippen LogP contribution in [-0.2, 0) is 17.5 Å². The molecule has 0 aliphatic heterocycles. The minimum Gasteiger partial charge on any atom is -0.475 e. The van der Waals surface area contributed by atoms with E-state index in [1.165, 1.54) is 18.2 Å². The zero-order chi connectivity index (χ0) is 15.4. The summed E-state index contributed by atoms with van der Waals surface area (Å²) >= 11 is -1.96. The molecule has 112 valence electrons. The van der Waals surface area contributed by atoms with Gasteiger partial charge >= 0.3 is 5.97 Å². The third kappa shape index (κ3) is 3.73. The van der Waals surface area contributed by atoms with Gasteiger partial charge in [0.25, 0.3) is 0 Å². The SMILES string of the molecule is O=C(O)c1oc(-c2ccccc2F)nc1CCCS(=O)O. The lowest BCUT2D eigenvalue weighted by molar-refractivity contribution is 0.0661. The molecular weight excluding hydrogens is 301 g/mol. The van der Waals surface area contributed by atoms with Crippen molar-refractivity contribution in [1.29, 1.82) is 0 Å². The number of rotatable bonds is 6. The van der Waals surface area contributed by atoms with E-state index in [0.29, 0.717) is 0 Å². The van der Waals surface area contributed by atoms with Crippen LogP contribution in [0.15, 0.2) is 28.7 Å². The summed E-state index contributed by atoms with van der Waals surface area (Å²) < 4.78 is 38.0. The summed E-state index contributed by atoms with van der Waals surface area (Å²) in [5.41, 5.74) is 0.197. The molecule has 0 aliphatic carbocycles. The van der Waals surface area contributed by atoms with Gasteiger partial charge in [0.15, 0.2) is 11.1 Å². The molecule has 0 aliphatic rings. The molecule has 1 aromatic carbocycles. The number of carboxylic acids is 1. The van der Waals surface area contributed by atoms with Gasteiger partial charge in [-0.05, 0) is 25.0 Å². The molecule has 21 heavy (non-hydrogen) atoms. The molecule has 6 nitrogen and oxygen atoms in total. The summed E-state index contributed by atoms with van der Waals surface area (Å²) in [5.74, 6) is -2.38. The lowest BCUT2D eigenvalue weighted by Crippen LogP contribution is -2.03. The Kier molecular flexibility index (Phi) is 4.81. The standard InChI is InChI=1S/C13H12FNO5S/c14-9-5-2-1-4-8(9)12-15-10(6-3-7-21(18)19)11(20-12)13(16)17/h1-2,4-5H,3,6-7H2,(H,16,17)(H,18,19). The maximum Gasteiger partial charge on any atom is 0.373 e. The first-order chi connectivity index (χ1) is 9.99. The third-order valence-corrected chi connectivity index (χ3v) is 3.37. The molecule has 1 heterocycles. The van der Waals surface area contributed by atoms with Gasteiger partial charge < -0.3 is 14.1 Å². The Morgan fingerprint density at radius 1 is 1.38 bits per heavy atom. The van der Waals surface area contributed by atoms with Gasteiger partial charge in [-0.25, -0.2) is 18.4 Å². The highest BCUT2D eigenvalue weighted by Crippen LogP contribution is 2.25. The van der Waals surface area contributed by atoms with Gasteiger partial charge in [-0.3, -0.25) is 0 Å². The van der Waals surface area contributed by atoms with Crippen LogP contribution in [0.4, 0.5) is 4.39 Å². The van der Waals surface area contributed by atoms with E-state index in [4.69, 9.17) is 14.1 Å². The fourth-order valence-electron chi connectivity index (χ4n) is 1.80. The Bertz CT molecular complexity index is 685. The molecule has 0 radical (unpaired) electrons. The van der Waals surface area contributed by atoms with Crippen molar-refractivity contribution in [2.45, 2.75) is 12.8 Å². The summed E-state index contributed by atoms with van der Waals surface area (Å²) in [5, 5.41) is 9.07. The van der Waals surface area contributed by atoms with Gasteiger partial charge in [0, 0.05) is 5.75 Å². The molecule has 1 atom stereocenters. The summed E-state index contributed by atoms with van der Waals surface area (Å²) in [6.45, 7) is 0. The Morgan fingerprint density at radius 3 is 2.71 bits per heavy atom. The number of oxazole rings is 1. The number of nitrogens with zero attached hydrogens (tertiary/aromatic N) is 1. The first-order valence-electron chi connectivity index (χ1n) is 6.04. The summed E-state index contributed by atoms with van der Waals surface area (Å²) in [6.07, 6.45) is 0.429. The second-order valence-electron chi connectivity index (χ2n) is 4.21. The molecule has 0 saturated carbocycles. The number of aryl methyl sites for hydroxylation is 1. The van der Waals surface area contributed by atoms with Crippen molar-refractivity contribution < 1.29 is 27.5 Å². The van der Waals surface area contributed by atoms with Crippen LogP contribution in [0, 0.1) is 5.82 Å². The molecule has 0 saturated heterocycles. The molecule has 0 amide bonds. The van der Waals surface area contributed by atoms with E-state index in [1.54, 1.807) is 6.07 Å². The van der Waals surface area contributed by atoms with Crippen molar-refractivity contribution >= 4 is 17.0 Å². The van der Waals surface area contributed by atoms with E-state index < -0.39 is 22.9 Å². The highest BCUT2D eigenvalue weighted by molar-refractivity contribution is 7.79. The van der Waals surface area contributed by atoms with E-state index in [0.717, 1.165) is 0 Å². The Hall–Kier alpha value is -2.06. The first-order valence-corrected chi connectivity index (χ1v) is 7.32. The lowest BCUT2D eigenvalue weighted by atomic mass is 10.2. The fourth-order valence-corrected chi connectivity index (χ4v) is 2.19. The van der Waals surface area contributed by atoms with Crippen LogP contribution < -0.4 is 0 Å². The van der Waals surface area contributed by atoms with Crippen molar-refractivity contribution in [1.82, 2.24) is 4.98 Å². The zero-order valence-corrected chi connectivity index (χ0v) is 11.6. The predicted octanol–water partition coefficient (Wildman–Crippen LogP) is 2.33. The van der Waals surface area contributed by atoms with E-state index in [2.05, 4.69) is 4.98 Å². The van der Waals surface area contributed by atoms with Gasteiger partial charge in [0.1, 0.15) is 5.82 Å². The van der Waals surface area contributed by atoms with Crippen LogP contribution in [-0.4, -0.2) is 30.6 Å². The topological polar surface area (TPSA) is 101 Å². The van der Waals surface area contributed by atoms with Gasteiger partial charge in [-0.15, -0.1) is 0 Å². The number of carbonyl (C=O) groups is 1. The number of hydrogen-bond acceptors (Lipinski definition) is 4. The summed E-state index contributed by atoms with van der Waals surface area (Å²) in [7, 11) is 0. The van der Waals surface area contributed by atoms with Crippen LogP contribution in [0.5, 0.6) is 0 Å². The molecular formula is C13H12FNO5S. The largest absolute Gasteiger partial charge is 0.475 e. The van der Waals surface area contributed by atoms with E-state index in [1.807, 2.05) is 0 Å². The highest BCUT2D eigenvalue weighted by atomic mass is 32.2. The van der Waals surface area contributed by atoms with Gasteiger partial charge in [-0.1, -0.05) is 12.1 Å². The van der Waals surface area contributed by atoms with Crippen LogP contribution in [0.1, 0.15) is 22.7 Å². The minimum absolute atomic E-state index is 0.000943. The number of benzene rings is 1. The van der Waals surface area contributed by atoms with E-state index >= 15 is 0 Å². The maximum absolute atomic E-state index is 13.7. The minimum atomic E-state index is -1.96. The van der Waals surface area contributed by atoms with Crippen LogP contribution in [0.3, 0.4) is 0 Å². The van der Waals surface area contributed by atoms with Gasteiger partial charge in [0.05, 0.1) is 11.3 Å². The van der Waals surface area contributed by atoms with Crippen molar-refractivity contribution in [3.63, 3.8) is 0 Å². The summed E-state index contributed by atoms with van der Waals surface area (Å²) in [4.78, 5) is 15.1. The Labute approximate surface area is 121 Å². The smallest absolute Gasteiger partial charge is 0.373 e. The summed E-state index contributed by atoms with van der Waals surface area (Å²) in [6, 6.07) is 5.73. The second-order valence-corrected chi connectivity index (χ2v) is 5.26. The number of hydrogen-bond donors (Lipinski definition) is 2. The molecule has 1 aromatic heterocycles. The van der Waals surface area contributed by atoms with Crippen LogP contribution >= 0.6 is 0 Å². The molecule has 1 unspecified atom stereocenters. The quantitative estimate of drug-likeness (QED) is 0.794. The third-order valence-electron chi connectivity index (χ3n) is 2.73. The number of aromatic nitrogens is 1. The normalized spacial score (nSPS) is 12.3. The van der Waals surface area contributed by atoms with Crippen molar-refractivity contribution in [3.05, 3.63) is 41.5 Å². The zero-order valence-electron chi connectivity index (χ0n) is 10.8. The monoisotopic (exact) mass is 313 g/mol. The molecule has 2 rings (SSSR count). The molecule has 0 spiro atoms. The van der Waals surface area contributed by atoms with Crippen molar-refractivity contribution in [2.75, 3.05) is 5.75 Å².